The van der Waals surface area contributed by atoms with Crippen molar-refractivity contribution in [3.8, 4) is 0 Å². The quantitative estimate of drug-likeness (QED) is 0.918. The molecule has 5 heteroatoms. The summed E-state index contributed by atoms with van der Waals surface area (Å²) in [6, 6.07) is 0.108. The second-order valence-electron chi connectivity index (χ2n) is 4.82. The Balaban J connectivity index is 2.05. The predicted octanol–water partition coefficient (Wildman–Crippen LogP) is 1.91. The highest BCUT2D eigenvalue weighted by atomic mass is 32.1. The van der Waals surface area contributed by atoms with Crippen LogP contribution in [0.5, 0.6) is 0 Å². The zero-order chi connectivity index (χ0) is 13.3. The van der Waals surface area contributed by atoms with E-state index in [1.807, 2.05) is 25.6 Å². The van der Waals surface area contributed by atoms with Gasteiger partial charge in [0.25, 0.3) is 0 Å². The topological polar surface area (TPSA) is 56.7 Å². The fourth-order valence-corrected chi connectivity index (χ4v) is 3.03. The number of nitrogens with two attached hydrogens (primary N) is 1. The van der Waals surface area contributed by atoms with Gasteiger partial charge < -0.3 is 5.73 Å². The molecule has 2 aromatic heterocycles. The predicted molar refractivity (Wildman–Crippen MR) is 74.9 cm³/mol. The van der Waals surface area contributed by atoms with E-state index in [0.29, 0.717) is 0 Å². The van der Waals surface area contributed by atoms with Gasteiger partial charge in [-0.05, 0) is 32.8 Å². The number of thiazole rings is 1. The molecule has 0 aliphatic heterocycles. The van der Waals surface area contributed by atoms with Crippen molar-refractivity contribution in [2.24, 2.45) is 12.8 Å². The average molecular weight is 264 g/mol. The van der Waals surface area contributed by atoms with E-state index in [4.69, 9.17) is 5.73 Å². The number of aromatic nitrogens is 3. The molecule has 0 aliphatic carbocycles. The van der Waals surface area contributed by atoms with Crippen LogP contribution in [0.4, 0.5) is 0 Å². The van der Waals surface area contributed by atoms with Crippen molar-refractivity contribution in [3.63, 3.8) is 0 Å². The zero-order valence-electron chi connectivity index (χ0n) is 11.4. The largest absolute Gasteiger partial charge is 0.327 e. The molecule has 0 saturated carbocycles. The number of hydrogen-bond acceptors (Lipinski definition) is 4. The fraction of sp³-hybridized carbons (Fsp3) is 0.538. The van der Waals surface area contributed by atoms with Gasteiger partial charge in [0.15, 0.2) is 0 Å². The monoisotopic (exact) mass is 264 g/mol. The van der Waals surface area contributed by atoms with Crippen LogP contribution < -0.4 is 5.73 Å². The Morgan fingerprint density at radius 2 is 2.06 bits per heavy atom. The Morgan fingerprint density at radius 1 is 1.33 bits per heavy atom. The number of nitrogens with zero attached hydrogens (tertiary/aromatic N) is 3. The molecule has 2 rings (SSSR count). The maximum absolute atomic E-state index is 6.22. The minimum Gasteiger partial charge on any atom is -0.327 e. The lowest BCUT2D eigenvalue weighted by atomic mass is 10.0. The van der Waals surface area contributed by atoms with E-state index < -0.39 is 0 Å². The molecular weight excluding hydrogens is 244 g/mol. The molecule has 0 bridgehead atoms. The van der Waals surface area contributed by atoms with Crippen molar-refractivity contribution in [3.05, 3.63) is 33.0 Å². The van der Waals surface area contributed by atoms with Crippen molar-refractivity contribution in [1.82, 2.24) is 14.8 Å². The number of rotatable bonds is 4. The summed E-state index contributed by atoms with van der Waals surface area (Å²) in [5.74, 6) is 0. The lowest BCUT2D eigenvalue weighted by Gasteiger charge is -2.10. The van der Waals surface area contributed by atoms with Gasteiger partial charge >= 0.3 is 0 Å². The van der Waals surface area contributed by atoms with Gasteiger partial charge in [-0.1, -0.05) is 0 Å². The van der Waals surface area contributed by atoms with Gasteiger partial charge in [0.05, 0.1) is 10.7 Å². The van der Waals surface area contributed by atoms with E-state index in [1.165, 1.54) is 11.3 Å². The highest BCUT2D eigenvalue weighted by Crippen LogP contribution is 2.16. The molecule has 0 amide bonds. The summed E-state index contributed by atoms with van der Waals surface area (Å²) in [5.41, 5.74) is 10.9. The van der Waals surface area contributed by atoms with E-state index >= 15 is 0 Å². The average Bonchev–Trinajstić information content (AvgIpc) is 2.78. The Labute approximate surface area is 112 Å². The SMILES string of the molecule is Cc1csc(CC(N)Cc2c(C)nn(C)c2C)n1. The van der Waals surface area contributed by atoms with E-state index in [2.05, 4.69) is 22.4 Å². The maximum atomic E-state index is 6.22. The van der Waals surface area contributed by atoms with E-state index in [0.717, 1.165) is 29.2 Å². The second-order valence-corrected chi connectivity index (χ2v) is 5.77. The van der Waals surface area contributed by atoms with Gasteiger partial charge in [-0.25, -0.2) is 4.98 Å². The molecule has 98 valence electrons. The second kappa shape index (κ2) is 5.20. The van der Waals surface area contributed by atoms with Crippen LogP contribution >= 0.6 is 11.3 Å². The van der Waals surface area contributed by atoms with Gasteiger partial charge in [0.1, 0.15) is 0 Å². The van der Waals surface area contributed by atoms with E-state index in [-0.39, 0.29) is 6.04 Å². The molecule has 0 aromatic carbocycles. The Hall–Kier alpha value is -1.20. The highest BCUT2D eigenvalue weighted by Gasteiger charge is 2.14. The molecule has 4 nitrogen and oxygen atoms in total. The highest BCUT2D eigenvalue weighted by molar-refractivity contribution is 7.09. The third-order valence-corrected chi connectivity index (χ3v) is 4.22. The first-order chi connectivity index (χ1) is 8.47. The summed E-state index contributed by atoms with van der Waals surface area (Å²) in [5, 5.41) is 7.62. The van der Waals surface area contributed by atoms with Crippen molar-refractivity contribution >= 4 is 11.3 Å². The normalized spacial score (nSPS) is 12.9. The molecule has 0 radical (unpaired) electrons. The summed E-state index contributed by atoms with van der Waals surface area (Å²) >= 11 is 1.69. The van der Waals surface area contributed by atoms with Crippen molar-refractivity contribution in [2.75, 3.05) is 0 Å². The van der Waals surface area contributed by atoms with Crippen LogP contribution in [0.15, 0.2) is 5.38 Å². The summed E-state index contributed by atoms with van der Waals surface area (Å²) in [6.07, 6.45) is 1.70. The lowest BCUT2D eigenvalue weighted by molar-refractivity contribution is 0.655. The smallest absolute Gasteiger partial charge is 0.0943 e. The summed E-state index contributed by atoms with van der Waals surface area (Å²) in [4.78, 5) is 4.46. The molecular formula is C13H20N4S. The molecule has 18 heavy (non-hydrogen) atoms. The Morgan fingerprint density at radius 3 is 2.56 bits per heavy atom. The maximum Gasteiger partial charge on any atom is 0.0943 e. The molecule has 0 saturated heterocycles. The van der Waals surface area contributed by atoms with Crippen LogP contribution in [0.3, 0.4) is 0 Å². The Kier molecular flexibility index (Phi) is 3.82. The van der Waals surface area contributed by atoms with Crippen LogP contribution in [0.2, 0.25) is 0 Å². The molecule has 0 spiro atoms. The van der Waals surface area contributed by atoms with Crippen LogP contribution in [-0.4, -0.2) is 20.8 Å². The van der Waals surface area contributed by atoms with Gasteiger partial charge in [0, 0.05) is 36.3 Å². The number of hydrogen-bond donors (Lipinski definition) is 1. The lowest BCUT2D eigenvalue weighted by Crippen LogP contribution is -2.26. The summed E-state index contributed by atoms with van der Waals surface area (Å²) in [6.45, 7) is 6.15. The number of aryl methyl sites for hydroxylation is 3. The van der Waals surface area contributed by atoms with E-state index in [1.54, 1.807) is 11.3 Å². The van der Waals surface area contributed by atoms with Gasteiger partial charge in [-0.2, -0.15) is 5.10 Å². The van der Waals surface area contributed by atoms with Crippen LogP contribution in [0.1, 0.15) is 27.7 Å². The molecule has 1 atom stereocenters. The van der Waals surface area contributed by atoms with Crippen molar-refractivity contribution < 1.29 is 0 Å². The van der Waals surface area contributed by atoms with Crippen LogP contribution in [0.25, 0.3) is 0 Å². The summed E-state index contributed by atoms with van der Waals surface area (Å²) < 4.78 is 1.92. The first-order valence-electron chi connectivity index (χ1n) is 6.13. The zero-order valence-corrected chi connectivity index (χ0v) is 12.2. The fourth-order valence-electron chi connectivity index (χ4n) is 2.17. The minimum atomic E-state index is 0.108. The third-order valence-electron chi connectivity index (χ3n) is 3.23. The molecule has 1 unspecified atom stereocenters. The van der Waals surface area contributed by atoms with Crippen molar-refractivity contribution in [2.45, 2.75) is 39.7 Å². The minimum absolute atomic E-state index is 0.108. The molecule has 0 aliphatic rings. The molecule has 2 N–H and O–H groups in total. The van der Waals surface area contributed by atoms with Gasteiger partial charge in [0.2, 0.25) is 0 Å². The third kappa shape index (κ3) is 2.79. The summed E-state index contributed by atoms with van der Waals surface area (Å²) in [7, 11) is 1.97. The van der Waals surface area contributed by atoms with Gasteiger partial charge in [-0.3, -0.25) is 4.68 Å². The first kappa shape index (κ1) is 13.2. The molecule has 0 fully saturated rings. The molecule has 2 aromatic rings. The van der Waals surface area contributed by atoms with E-state index in [9.17, 15) is 0 Å². The van der Waals surface area contributed by atoms with Crippen molar-refractivity contribution in [1.29, 1.82) is 0 Å². The van der Waals surface area contributed by atoms with Gasteiger partial charge in [-0.15, -0.1) is 11.3 Å². The molecule has 2 heterocycles. The Bertz CT molecular complexity index is 541. The van der Waals surface area contributed by atoms with Crippen LogP contribution in [0, 0.1) is 20.8 Å². The first-order valence-corrected chi connectivity index (χ1v) is 7.01. The van der Waals surface area contributed by atoms with Crippen LogP contribution in [-0.2, 0) is 19.9 Å². The standard InChI is InChI=1S/C13H20N4S/c1-8-7-18-13(15-8)6-11(14)5-12-9(2)16-17(4)10(12)3/h7,11H,5-6,14H2,1-4H3.